The van der Waals surface area contributed by atoms with Crippen LogP contribution < -0.4 is 31.7 Å². The Hall–Kier alpha value is -3.54. The molecule has 46 heavy (non-hydrogen) atoms. The van der Waals surface area contributed by atoms with Crippen molar-refractivity contribution in [1.82, 2.24) is 20.3 Å². The molecular formula is C34H44N5O6P. The number of nitrogens with two attached hydrogens (primary N) is 1. The average molecular weight is 650 g/mol. The number of rotatable bonds is 23. The Bertz CT molecular complexity index is 1360. The maximum atomic E-state index is 12.7. The van der Waals surface area contributed by atoms with Crippen molar-refractivity contribution in [3.05, 3.63) is 96.8 Å². The summed E-state index contributed by atoms with van der Waals surface area (Å²) in [5.41, 5.74) is 6.34. The number of ether oxygens (including phenoxy) is 5. The first-order valence-corrected chi connectivity index (χ1v) is 16.9. The van der Waals surface area contributed by atoms with Crippen LogP contribution >= 0.6 is 7.92 Å². The molecule has 0 unspecified atom stereocenters. The number of hydrogen-bond acceptors (Lipinski definition) is 10. The van der Waals surface area contributed by atoms with Crippen LogP contribution in [0.25, 0.3) is 0 Å². The second-order valence-corrected chi connectivity index (χ2v) is 12.3. The highest BCUT2D eigenvalue weighted by molar-refractivity contribution is 7.80. The lowest BCUT2D eigenvalue weighted by atomic mass is 10.3. The van der Waals surface area contributed by atoms with E-state index >= 15 is 0 Å². The molecule has 11 nitrogen and oxygen atoms in total. The van der Waals surface area contributed by atoms with E-state index in [4.69, 9.17) is 29.4 Å². The average Bonchev–Trinajstić information content (AvgIpc) is 3.54. The molecule has 0 atom stereocenters. The third-order valence-corrected chi connectivity index (χ3v) is 9.08. The Morgan fingerprint density at radius 3 is 1.93 bits per heavy atom. The summed E-state index contributed by atoms with van der Waals surface area (Å²) in [4.78, 5) is 12.7. The van der Waals surface area contributed by atoms with E-state index in [-0.39, 0.29) is 19.0 Å². The van der Waals surface area contributed by atoms with Gasteiger partial charge in [0.1, 0.15) is 5.75 Å². The largest absolute Gasteiger partial charge is 0.426 e. The smallest absolute Gasteiger partial charge is 0.313 e. The van der Waals surface area contributed by atoms with Crippen molar-refractivity contribution in [3.8, 4) is 5.75 Å². The molecule has 3 N–H and O–H groups in total. The number of nitrogens with zero attached hydrogens (tertiary/aromatic N) is 3. The molecule has 246 valence electrons. The van der Waals surface area contributed by atoms with Gasteiger partial charge >= 0.3 is 5.97 Å². The predicted octanol–water partition coefficient (Wildman–Crippen LogP) is 2.15. The molecule has 0 spiro atoms. The van der Waals surface area contributed by atoms with E-state index < -0.39 is 7.92 Å². The number of carbonyl (C=O) groups excluding carboxylic acids is 1. The minimum absolute atomic E-state index is 0.149. The van der Waals surface area contributed by atoms with Gasteiger partial charge in [0.25, 0.3) is 0 Å². The van der Waals surface area contributed by atoms with Crippen LogP contribution in [0.1, 0.15) is 12.1 Å². The van der Waals surface area contributed by atoms with E-state index in [0.717, 1.165) is 17.5 Å². The predicted molar refractivity (Wildman–Crippen MR) is 179 cm³/mol. The molecule has 0 aliphatic rings. The zero-order chi connectivity index (χ0) is 32.1. The maximum absolute atomic E-state index is 12.7. The highest BCUT2D eigenvalue weighted by Crippen LogP contribution is 2.36. The van der Waals surface area contributed by atoms with Gasteiger partial charge in [0.05, 0.1) is 71.5 Å². The van der Waals surface area contributed by atoms with E-state index in [1.807, 2.05) is 66.9 Å². The topological polar surface area (TPSA) is 132 Å². The van der Waals surface area contributed by atoms with Gasteiger partial charge in [0.15, 0.2) is 0 Å². The van der Waals surface area contributed by atoms with Crippen molar-refractivity contribution >= 4 is 29.8 Å². The fourth-order valence-corrected chi connectivity index (χ4v) is 6.78. The number of esters is 1. The molecule has 0 aliphatic carbocycles. The molecule has 4 aromatic rings. The summed E-state index contributed by atoms with van der Waals surface area (Å²) in [5.74, 6) is 0.248. The number of carbonyl (C=O) groups is 1. The molecule has 0 saturated heterocycles. The highest BCUT2D eigenvalue weighted by Gasteiger charge is 2.21. The number of aromatic nitrogens is 3. The summed E-state index contributed by atoms with van der Waals surface area (Å²) in [6.07, 6.45) is 2.04. The zero-order valence-electron chi connectivity index (χ0n) is 26.2. The summed E-state index contributed by atoms with van der Waals surface area (Å²) >= 11 is 0. The fourth-order valence-electron chi connectivity index (χ4n) is 4.41. The van der Waals surface area contributed by atoms with Gasteiger partial charge in [0.2, 0.25) is 0 Å². The van der Waals surface area contributed by atoms with Crippen LogP contribution in [0.4, 0.5) is 0 Å². The number of para-hydroxylation sites is 1. The van der Waals surface area contributed by atoms with Crippen LogP contribution in [0.15, 0.2) is 91.1 Å². The lowest BCUT2D eigenvalue weighted by molar-refractivity contribution is -0.135. The SMILES string of the molecule is NCCNCc1cn(CCOCCOCCOCCOCCC(=O)Oc2ccccc2P(c2ccccc2)c2ccccc2)nn1. The van der Waals surface area contributed by atoms with Gasteiger partial charge in [-0.25, -0.2) is 4.68 Å². The van der Waals surface area contributed by atoms with E-state index in [9.17, 15) is 4.79 Å². The van der Waals surface area contributed by atoms with Gasteiger partial charge in [-0.3, -0.25) is 4.79 Å². The number of benzene rings is 3. The Kier molecular flexibility index (Phi) is 16.3. The maximum Gasteiger partial charge on any atom is 0.313 e. The van der Waals surface area contributed by atoms with E-state index in [1.165, 1.54) is 10.6 Å². The van der Waals surface area contributed by atoms with Gasteiger partial charge in [-0.2, -0.15) is 0 Å². The highest BCUT2D eigenvalue weighted by atomic mass is 31.1. The Labute approximate surface area is 272 Å². The Morgan fingerprint density at radius 1 is 0.739 bits per heavy atom. The first-order valence-electron chi connectivity index (χ1n) is 15.6. The van der Waals surface area contributed by atoms with Crippen molar-refractivity contribution < 1.29 is 28.5 Å². The second-order valence-electron chi connectivity index (χ2n) is 10.1. The summed E-state index contributed by atoms with van der Waals surface area (Å²) in [6, 6.07) is 28.4. The molecule has 0 aliphatic heterocycles. The van der Waals surface area contributed by atoms with Crippen molar-refractivity contribution in [3.63, 3.8) is 0 Å². The first-order chi connectivity index (χ1) is 22.7. The van der Waals surface area contributed by atoms with Gasteiger partial charge < -0.3 is 34.7 Å². The molecule has 3 aromatic carbocycles. The van der Waals surface area contributed by atoms with Gasteiger partial charge in [-0.1, -0.05) is 84.1 Å². The quantitative estimate of drug-likeness (QED) is 0.0534. The lowest BCUT2D eigenvalue weighted by Crippen LogP contribution is -2.23. The second kappa shape index (κ2) is 21.3. The molecule has 0 saturated carbocycles. The Balaban J connectivity index is 1.04. The van der Waals surface area contributed by atoms with Gasteiger partial charge in [0, 0.05) is 31.1 Å². The molecule has 1 heterocycles. The van der Waals surface area contributed by atoms with Crippen LogP contribution in [0, 0.1) is 0 Å². The third kappa shape index (κ3) is 12.7. The summed E-state index contributed by atoms with van der Waals surface area (Å²) in [6.45, 7) is 6.08. The Morgan fingerprint density at radius 2 is 1.30 bits per heavy atom. The van der Waals surface area contributed by atoms with Crippen LogP contribution in [0.5, 0.6) is 5.75 Å². The molecule has 0 radical (unpaired) electrons. The zero-order valence-corrected chi connectivity index (χ0v) is 27.1. The standard InChI is InChI=1S/C34H44N5O6P/c35-16-17-36-27-29-28-39(38-37-29)18-20-42-22-24-44-26-25-43-23-21-41-19-15-34(40)45-32-13-7-8-14-33(32)46(30-9-3-1-4-10-30)31-11-5-2-6-12-31/h1-14,28,36H,15-27,35H2. The fraction of sp³-hybridized carbons (Fsp3) is 0.382. The number of nitrogens with one attached hydrogen (secondary N) is 1. The van der Waals surface area contributed by atoms with Crippen LogP contribution in [-0.4, -0.2) is 86.9 Å². The third-order valence-electron chi connectivity index (χ3n) is 6.60. The number of hydrogen-bond donors (Lipinski definition) is 2. The summed E-state index contributed by atoms with van der Waals surface area (Å²) < 4.78 is 29.9. The minimum Gasteiger partial charge on any atom is -0.426 e. The normalized spacial score (nSPS) is 11.3. The van der Waals surface area contributed by atoms with Crippen LogP contribution in [0.2, 0.25) is 0 Å². The molecular weight excluding hydrogens is 605 g/mol. The lowest BCUT2D eigenvalue weighted by Gasteiger charge is -2.21. The van der Waals surface area contributed by atoms with Crippen molar-refractivity contribution in [1.29, 1.82) is 0 Å². The monoisotopic (exact) mass is 649 g/mol. The molecule has 1 aromatic heterocycles. The van der Waals surface area contributed by atoms with E-state index in [0.29, 0.717) is 71.6 Å². The first kappa shape index (κ1) is 35.3. The van der Waals surface area contributed by atoms with E-state index in [1.54, 1.807) is 4.68 Å². The summed E-state index contributed by atoms with van der Waals surface area (Å²) in [5, 5.41) is 14.7. The van der Waals surface area contributed by atoms with Gasteiger partial charge in [-0.05, 0) is 24.6 Å². The molecule has 12 heteroatoms. The van der Waals surface area contributed by atoms with E-state index in [2.05, 4.69) is 39.9 Å². The van der Waals surface area contributed by atoms with Crippen molar-refractivity contribution in [2.75, 3.05) is 65.9 Å². The van der Waals surface area contributed by atoms with Crippen molar-refractivity contribution in [2.45, 2.75) is 19.5 Å². The minimum atomic E-state index is -0.892. The molecule has 0 bridgehead atoms. The van der Waals surface area contributed by atoms with Crippen LogP contribution in [0.3, 0.4) is 0 Å². The van der Waals surface area contributed by atoms with Gasteiger partial charge in [-0.15, -0.1) is 5.10 Å². The van der Waals surface area contributed by atoms with Crippen LogP contribution in [-0.2, 0) is 36.8 Å². The molecule has 0 fully saturated rings. The van der Waals surface area contributed by atoms with Crippen molar-refractivity contribution in [2.24, 2.45) is 5.73 Å². The molecule has 4 rings (SSSR count). The summed E-state index contributed by atoms with van der Waals surface area (Å²) in [7, 11) is -0.892. The molecule has 0 amide bonds.